The smallest absolute Gasteiger partial charge is 0.225 e. The zero-order chi connectivity index (χ0) is 26.0. The maximum absolute atomic E-state index is 12.7. The van der Waals surface area contributed by atoms with Gasteiger partial charge in [-0.25, -0.2) is 0 Å². The number of rotatable bonds is 12. The van der Waals surface area contributed by atoms with Gasteiger partial charge in [0.15, 0.2) is 0 Å². The Morgan fingerprint density at radius 3 is 2.46 bits per heavy atom. The van der Waals surface area contributed by atoms with E-state index in [1.165, 1.54) is 56.0 Å². The lowest BCUT2D eigenvalue weighted by molar-refractivity contribution is -0.136. The highest BCUT2D eigenvalue weighted by molar-refractivity contribution is 5.85. The van der Waals surface area contributed by atoms with Gasteiger partial charge in [-0.2, -0.15) is 0 Å². The molecule has 2 aliphatic rings. The maximum atomic E-state index is 12.7. The van der Waals surface area contributed by atoms with E-state index in [0.717, 1.165) is 75.5 Å². The molecule has 2 fully saturated rings. The summed E-state index contributed by atoms with van der Waals surface area (Å²) in [5.74, 6) is 2.34. The maximum Gasteiger partial charge on any atom is 0.225 e. The number of hydrogen-bond acceptors (Lipinski definition) is 4. The molecule has 0 spiro atoms. The molecule has 1 aromatic heterocycles. The van der Waals surface area contributed by atoms with Crippen molar-refractivity contribution in [1.29, 1.82) is 0 Å². The van der Waals surface area contributed by atoms with Crippen LogP contribution in [0.4, 0.5) is 0 Å². The highest BCUT2D eigenvalue weighted by Crippen LogP contribution is 2.32. The number of unbranched alkanes of at least 4 members (excludes halogenated alkanes) is 3. The molecule has 1 amide bonds. The Hall–Kier alpha value is -2.14. The van der Waals surface area contributed by atoms with Gasteiger partial charge in [0.2, 0.25) is 5.91 Å². The number of piperidine rings is 1. The summed E-state index contributed by atoms with van der Waals surface area (Å²) in [7, 11) is 0. The summed E-state index contributed by atoms with van der Waals surface area (Å²) in [4.78, 5) is 22.0. The fourth-order valence-electron chi connectivity index (χ4n) is 6.35. The van der Waals surface area contributed by atoms with Crippen LogP contribution in [0, 0.1) is 11.8 Å². The van der Waals surface area contributed by atoms with E-state index >= 15 is 0 Å². The molecule has 1 aromatic carbocycles. The van der Waals surface area contributed by atoms with Crippen molar-refractivity contribution in [2.75, 3.05) is 32.7 Å². The zero-order valence-corrected chi connectivity index (χ0v) is 23.6. The second-order valence-electron chi connectivity index (χ2n) is 11.3. The number of likely N-dealkylation sites (tertiary alicyclic amines) is 1. The van der Waals surface area contributed by atoms with Crippen LogP contribution < -0.4 is 4.74 Å². The van der Waals surface area contributed by atoms with Crippen molar-refractivity contribution in [3.8, 4) is 5.75 Å². The number of nitrogens with zero attached hydrogens (tertiary/aromatic N) is 3. The molecule has 0 N–H and O–H groups in total. The first-order valence-electron chi connectivity index (χ1n) is 15.2. The van der Waals surface area contributed by atoms with Crippen LogP contribution in [0.1, 0.15) is 90.5 Å². The van der Waals surface area contributed by atoms with Gasteiger partial charge in [0.25, 0.3) is 0 Å². The Labute approximate surface area is 225 Å². The molecule has 5 heteroatoms. The Morgan fingerprint density at radius 2 is 1.76 bits per heavy atom. The number of carbonyl (C=O) groups is 1. The van der Waals surface area contributed by atoms with Crippen molar-refractivity contribution >= 4 is 16.8 Å². The molecule has 0 radical (unpaired) electrons. The molecular formula is C32H49N3O2. The second kappa shape index (κ2) is 14.1. The average molecular weight is 508 g/mol. The molecule has 1 saturated heterocycles. The van der Waals surface area contributed by atoms with Crippen LogP contribution in [0.3, 0.4) is 0 Å². The largest absolute Gasteiger partial charge is 0.488 e. The standard InChI is InChI=1S/C32H49N3O2/c1-4-7-8-9-11-26-22-28-12-10-19-33-31(28)30(23-26)37-29-17-20-34(21-18-29)24-25-13-15-27(16-14-25)32(36)35(5-2)6-3/h10,12,19,22-23,25,27,29H,4-9,11,13-18,20-21,24H2,1-3H3. The minimum Gasteiger partial charge on any atom is -0.488 e. The summed E-state index contributed by atoms with van der Waals surface area (Å²) in [5, 5.41) is 1.19. The quantitative estimate of drug-likeness (QED) is 0.294. The first-order valence-corrected chi connectivity index (χ1v) is 15.2. The van der Waals surface area contributed by atoms with Crippen molar-refractivity contribution < 1.29 is 9.53 Å². The number of fused-ring (bicyclic) bond motifs is 1. The van der Waals surface area contributed by atoms with Crippen LogP contribution in [0.15, 0.2) is 30.5 Å². The van der Waals surface area contributed by atoms with Crippen LogP contribution in [0.2, 0.25) is 0 Å². The molecule has 0 atom stereocenters. The molecule has 1 aliphatic heterocycles. The van der Waals surface area contributed by atoms with E-state index in [2.05, 4.69) is 48.9 Å². The van der Waals surface area contributed by atoms with Crippen molar-refractivity contribution in [3.05, 3.63) is 36.0 Å². The van der Waals surface area contributed by atoms with Gasteiger partial charge in [-0.05, 0) is 94.9 Å². The lowest BCUT2D eigenvalue weighted by Crippen LogP contribution is -2.42. The van der Waals surface area contributed by atoms with E-state index in [9.17, 15) is 4.79 Å². The van der Waals surface area contributed by atoms with E-state index in [4.69, 9.17) is 4.74 Å². The van der Waals surface area contributed by atoms with Gasteiger partial charge in [-0.15, -0.1) is 0 Å². The minimum atomic E-state index is 0.251. The lowest BCUT2D eigenvalue weighted by Gasteiger charge is -2.37. The monoisotopic (exact) mass is 507 g/mol. The molecule has 1 saturated carbocycles. The van der Waals surface area contributed by atoms with Crippen LogP contribution in [-0.2, 0) is 11.2 Å². The molecule has 1 aliphatic carbocycles. The highest BCUT2D eigenvalue weighted by Gasteiger charge is 2.30. The lowest BCUT2D eigenvalue weighted by atomic mass is 9.81. The Balaban J connectivity index is 1.26. The third-order valence-electron chi connectivity index (χ3n) is 8.66. The van der Waals surface area contributed by atoms with Crippen LogP contribution in [0.25, 0.3) is 10.9 Å². The van der Waals surface area contributed by atoms with Crippen LogP contribution in [-0.4, -0.2) is 59.5 Å². The number of pyridine rings is 1. The Morgan fingerprint density at radius 1 is 1.00 bits per heavy atom. The number of ether oxygens (including phenoxy) is 1. The third-order valence-corrected chi connectivity index (χ3v) is 8.66. The molecule has 2 heterocycles. The molecular weight excluding hydrogens is 458 g/mol. The average Bonchev–Trinajstić information content (AvgIpc) is 2.93. The first-order chi connectivity index (χ1) is 18.1. The van der Waals surface area contributed by atoms with Gasteiger partial charge in [0, 0.05) is 50.2 Å². The highest BCUT2D eigenvalue weighted by atomic mass is 16.5. The van der Waals surface area contributed by atoms with Gasteiger partial charge >= 0.3 is 0 Å². The van der Waals surface area contributed by atoms with E-state index in [1.807, 2.05) is 17.2 Å². The third kappa shape index (κ3) is 7.69. The predicted octanol–water partition coefficient (Wildman–Crippen LogP) is 6.88. The molecule has 0 unspecified atom stereocenters. The number of carbonyl (C=O) groups excluding carboxylic acids is 1. The van der Waals surface area contributed by atoms with Crippen LogP contribution >= 0.6 is 0 Å². The molecule has 2 aromatic rings. The van der Waals surface area contributed by atoms with E-state index in [0.29, 0.717) is 5.91 Å². The van der Waals surface area contributed by atoms with Crippen molar-refractivity contribution in [3.63, 3.8) is 0 Å². The van der Waals surface area contributed by atoms with E-state index < -0.39 is 0 Å². The topological polar surface area (TPSA) is 45.7 Å². The van der Waals surface area contributed by atoms with Crippen molar-refractivity contribution in [2.24, 2.45) is 11.8 Å². The number of aryl methyl sites for hydroxylation is 1. The summed E-state index contributed by atoms with van der Waals surface area (Å²) in [6.45, 7) is 11.5. The summed E-state index contributed by atoms with van der Waals surface area (Å²) in [6, 6.07) is 8.75. The fourth-order valence-corrected chi connectivity index (χ4v) is 6.35. The Kier molecular flexibility index (Phi) is 10.7. The van der Waals surface area contributed by atoms with Gasteiger partial charge in [-0.3, -0.25) is 9.78 Å². The minimum absolute atomic E-state index is 0.251. The molecule has 204 valence electrons. The normalized spacial score (nSPS) is 21.3. The van der Waals surface area contributed by atoms with Crippen molar-refractivity contribution in [1.82, 2.24) is 14.8 Å². The van der Waals surface area contributed by atoms with Gasteiger partial charge < -0.3 is 14.5 Å². The van der Waals surface area contributed by atoms with Gasteiger partial charge in [0.05, 0.1) is 0 Å². The molecule has 37 heavy (non-hydrogen) atoms. The molecule has 4 rings (SSSR count). The number of benzene rings is 1. The van der Waals surface area contributed by atoms with E-state index in [1.54, 1.807) is 0 Å². The zero-order valence-electron chi connectivity index (χ0n) is 23.6. The number of aromatic nitrogens is 1. The summed E-state index contributed by atoms with van der Waals surface area (Å²) in [6.07, 6.45) is 15.0. The van der Waals surface area contributed by atoms with Crippen LogP contribution in [0.5, 0.6) is 5.75 Å². The Bertz CT molecular complexity index is 973. The van der Waals surface area contributed by atoms with E-state index in [-0.39, 0.29) is 12.0 Å². The second-order valence-corrected chi connectivity index (χ2v) is 11.3. The number of amides is 1. The van der Waals surface area contributed by atoms with Gasteiger partial charge in [0.1, 0.15) is 17.4 Å². The predicted molar refractivity (Wildman–Crippen MR) is 153 cm³/mol. The van der Waals surface area contributed by atoms with Crippen molar-refractivity contribution in [2.45, 2.75) is 97.5 Å². The SMILES string of the molecule is CCCCCCc1cc(OC2CCN(CC3CCC(C(=O)N(CC)CC)CC3)CC2)c2ncccc2c1. The fraction of sp³-hybridized carbons (Fsp3) is 0.688. The van der Waals surface area contributed by atoms with Gasteiger partial charge in [-0.1, -0.05) is 32.3 Å². The number of hydrogen-bond donors (Lipinski definition) is 0. The summed E-state index contributed by atoms with van der Waals surface area (Å²) >= 11 is 0. The summed E-state index contributed by atoms with van der Waals surface area (Å²) in [5.41, 5.74) is 2.37. The molecule has 5 nitrogen and oxygen atoms in total. The summed E-state index contributed by atoms with van der Waals surface area (Å²) < 4.78 is 6.63. The first kappa shape index (κ1) is 27.9. The molecule has 0 bridgehead atoms.